The van der Waals surface area contributed by atoms with E-state index in [2.05, 4.69) is 67.8 Å². The van der Waals surface area contributed by atoms with E-state index in [9.17, 15) is 23.1 Å². The highest BCUT2D eigenvalue weighted by molar-refractivity contribution is 7.80. The first-order valence-corrected chi connectivity index (χ1v) is 13.3. The molecule has 3 aromatic carbocycles. The molecule has 0 spiro atoms. The number of hydrogen-bond acceptors (Lipinski definition) is 10. The Labute approximate surface area is 224 Å². The number of hydrogen-bond donors (Lipinski definition) is 0. The topological polar surface area (TPSA) is 141 Å². The van der Waals surface area contributed by atoms with Gasteiger partial charge in [-0.1, -0.05) is 60.7 Å². The number of aryl methyl sites for hydroxylation is 1. The van der Waals surface area contributed by atoms with Crippen molar-refractivity contribution in [3.05, 3.63) is 112 Å². The minimum Gasteiger partial charge on any atom is -0.726 e. The Morgan fingerprint density at radius 3 is 1.84 bits per heavy atom. The van der Waals surface area contributed by atoms with Gasteiger partial charge in [-0.05, 0) is 40.5 Å². The van der Waals surface area contributed by atoms with Crippen molar-refractivity contribution in [3.63, 3.8) is 0 Å². The van der Waals surface area contributed by atoms with Crippen LogP contribution in [0.25, 0.3) is 0 Å². The summed E-state index contributed by atoms with van der Waals surface area (Å²) in [5.74, 6) is 0. The van der Waals surface area contributed by atoms with Crippen LogP contribution < -0.4 is 9.47 Å². The van der Waals surface area contributed by atoms with E-state index in [0.29, 0.717) is 10.8 Å². The van der Waals surface area contributed by atoms with Crippen LogP contribution in [0.15, 0.2) is 101 Å². The van der Waals surface area contributed by atoms with Gasteiger partial charge in [0, 0.05) is 30.1 Å². The average molecular weight is 556 g/mol. The summed E-state index contributed by atoms with van der Waals surface area (Å²) in [6, 6.07) is 28.6. The van der Waals surface area contributed by atoms with E-state index in [1.807, 2.05) is 36.4 Å². The fourth-order valence-electron chi connectivity index (χ4n) is 3.26. The predicted octanol–water partition coefficient (Wildman–Crippen LogP) is 5.20. The summed E-state index contributed by atoms with van der Waals surface area (Å²) in [6.45, 7) is 1.57. The van der Waals surface area contributed by atoms with Crippen LogP contribution in [0.5, 0.6) is 0 Å². The zero-order valence-electron chi connectivity index (χ0n) is 20.6. The Kier molecular flexibility index (Phi) is 10.1. The van der Waals surface area contributed by atoms with E-state index in [0.717, 1.165) is 37.2 Å². The number of azo groups is 1. The maximum absolute atomic E-state index is 10.9. The number of thiazole rings is 1. The molecule has 38 heavy (non-hydrogen) atoms. The number of nitrogens with zero attached hydrogens (tertiary/aromatic N) is 5. The average Bonchev–Trinajstić information content (AvgIpc) is 3.29. The molecule has 0 radical (unpaired) electrons. The maximum Gasteiger partial charge on any atom is 0.414 e. The molecule has 4 aromatic rings. The summed E-state index contributed by atoms with van der Waals surface area (Å²) in [4.78, 5) is 12.8. The molecule has 0 atom stereocenters. The SMILES string of the molecule is COS(=O)(=O)[O-].C[n+]1cc([N+](=O)[O-])sc1N=Nc1ccc(N(Cc2ccccc2)Cc2ccccc2)cc1. The van der Waals surface area contributed by atoms with E-state index in [4.69, 9.17) is 0 Å². The van der Waals surface area contributed by atoms with Gasteiger partial charge in [-0.3, -0.25) is 14.3 Å². The molecule has 13 heteroatoms. The zero-order valence-corrected chi connectivity index (χ0v) is 22.2. The van der Waals surface area contributed by atoms with Crippen molar-refractivity contribution >= 4 is 43.2 Å². The zero-order chi connectivity index (χ0) is 27.5. The first-order chi connectivity index (χ1) is 18.1. The smallest absolute Gasteiger partial charge is 0.414 e. The third kappa shape index (κ3) is 9.12. The molecular formula is C25H25N5O6S2. The van der Waals surface area contributed by atoms with Crippen LogP contribution in [-0.4, -0.2) is 25.0 Å². The number of nitro groups is 1. The third-order valence-corrected chi connectivity index (χ3v) is 6.51. The Bertz CT molecular complexity index is 1420. The van der Waals surface area contributed by atoms with Crippen molar-refractivity contribution in [2.75, 3.05) is 12.0 Å². The van der Waals surface area contributed by atoms with Gasteiger partial charge in [-0.15, -0.1) is 0 Å². The minimum atomic E-state index is -4.41. The lowest BCUT2D eigenvalue weighted by Gasteiger charge is -2.25. The largest absolute Gasteiger partial charge is 0.726 e. The van der Waals surface area contributed by atoms with Gasteiger partial charge < -0.3 is 9.45 Å². The fraction of sp³-hybridized carbons (Fsp3) is 0.160. The molecule has 0 unspecified atom stereocenters. The van der Waals surface area contributed by atoms with Crippen LogP contribution in [0.4, 0.5) is 21.5 Å². The number of aromatic nitrogens is 1. The quantitative estimate of drug-likeness (QED) is 0.0690. The normalized spacial score (nSPS) is 11.1. The highest BCUT2D eigenvalue weighted by atomic mass is 32.3. The Morgan fingerprint density at radius 1 is 0.921 bits per heavy atom. The number of rotatable bonds is 9. The molecule has 0 amide bonds. The Morgan fingerprint density at radius 2 is 1.42 bits per heavy atom. The second kappa shape index (κ2) is 13.5. The van der Waals surface area contributed by atoms with Gasteiger partial charge in [0.1, 0.15) is 5.69 Å². The van der Waals surface area contributed by atoms with Gasteiger partial charge in [0.15, 0.2) is 6.20 Å². The van der Waals surface area contributed by atoms with Crippen LogP contribution in [0.3, 0.4) is 0 Å². The van der Waals surface area contributed by atoms with Gasteiger partial charge in [0.25, 0.3) is 0 Å². The van der Waals surface area contributed by atoms with Gasteiger partial charge in [0.2, 0.25) is 10.4 Å². The number of benzene rings is 3. The van der Waals surface area contributed by atoms with Gasteiger partial charge in [-0.2, -0.15) is 0 Å². The molecule has 0 N–H and O–H groups in total. The lowest BCUT2D eigenvalue weighted by atomic mass is 10.1. The van der Waals surface area contributed by atoms with Crippen molar-refractivity contribution in [3.8, 4) is 0 Å². The summed E-state index contributed by atoms with van der Waals surface area (Å²) in [5.41, 5.74) is 4.23. The van der Waals surface area contributed by atoms with E-state index in [-0.39, 0.29) is 5.00 Å². The molecule has 0 aliphatic carbocycles. The Hall–Kier alpha value is -4.04. The molecule has 0 bridgehead atoms. The predicted molar refractivity (Wildman–Crippen MR) is 142 cm³/mol. The molecule has 11 nitrogen and oxygen atoms in total. The van der Waals surface area contributed by atoms with Crippen LogP contribution in [0, 0.1) is 10.1 Å². The summed E-state index contributed by atoms with van der Waals surface area (Å²) in [5, 5.41) is 19.9. The van der Waals surface area contributed by atoms with Crippen molar-refractivity contribution in [2.24, 2.45) is 17.3 Å². The lowest BCUT2D eigenvalue weighted by molar-refractivity contribution is -0.656. The third-order valence-electron chi connectivity index (χ3n) is 5.08. The summed E-state index contributed by atoms with van der Waals surface area (Å²) in [6.07, 6.45) is 1.44. The molecule has 0 saturated heterocycles. The summed E-state index contributed by atoms with van der Waals surface area (Å²) in [7, 11) is -1.89. The highest BCUT2D eigenvalue weighted by Gasteiger charge is 2.21. The molecule has 1 aromatic heterocycles. The van der Waals surface area contributed by atoms with Crippen LogP contribution in [0.2, 0.25) is 0 Å². The molecular weight excluding hydrogens is 530 g/mol. The van der Waals surface area contributed by atoms with Crippen molar-refractivity contribution in [1.82, 2.24) is 0 Å². The van der Waals surface area contributed by atoms with Crippen LogP contribution in [-0.2, 0) is 34.7 Å². The first kappa shape index (κ1) is 28.5. The maximum atomic E-state index is 10.9. The molecule has 0 fully saturated rings. The van der Waals surface area contributed by atoms with Crippen molar-refractivity contribution < 1.29 is 26.6 Å². The van der Waals surface area contributed by atoms with E-state index in [1.54, 1.807) is 11.6 Å². The fourth-order valence-corrected chi connectivity index (χ4v) is 4.02. The van der Waals surface area contributed by atoms with Crippen LogP contribution >= 0.6 is 11.3 Å². The van der Waals surface area contributed by atoms with E-state index < -0.39 is 15.3 Å². The van der Waals surface area contributed by atoms with Crippen LogP contribution in [0.1, 0.15) is 11.1 Å². The highest BCUT2D eigenvalue weighted by Crippen LogP contribution is 2.28. The van der Waals surface area contributed by atoms with Gasteiger partial charge >= 0.3 is 10.1 Å². The summed E-state index contributed by atoms with van der Waals surface area (Å²) < 4.78 is 32.6. The van der Waals surface area contributed by atoms with Gasteiger partial charge in [-0.25, -0.2) is 13.0 Å². The number of anilines is 1. The van der Waals surface area contributed by atoms with E-state index in [1.165, 1.54) is 17.3 Å². The second-order valence-corrected chi connectivity index (χ2v) is 9.98. The molecule has 0 saturated carbocycles. The molecule has 4 rings (SSSR count). The minimum absolute atomic E-state index is 0.0364. The standard InChI is InChI=1S/C24H22N5O2S.CH4O4S/c1-27-18-23(29(30)31)32-24(27)26-25-21-12-14-22(15-13-21)28(16-19-8-4-2-5-9-19)17-20-10-6-3-7-11-20;1-5-6(2,3)4/h2-15,18H,16-17H2,1H3;1H3,(H,2,3,4)/q+1;/p-1. The molecule has 198 valence electrons. The summed E-state index contributed by atoms with van der Waals surface area (Å²) >= 11 is 0.993. The van der Waals surface area contributed by atoms with Crippen molar-refractivity contribution in [1.29, 1.82) is 0 Å². The van der Waals surface area contributed by atoms with Gasteiger partial charge in [0.05, 0.1) is 24.2 Å². The second-order valence-electron chi connectivity index (χ2n) is 7.84. The molecule has 0 aliphatic heterocycles. The Balaban J connectivity index is 0.000000599. The first-order valence-electron chi connectivity index (χ1n) is 11.1. The van der Waals surface area contributed by atoms with E-state index >= 15 is 0 Å². The van der Waals surface area contributed by atoms with Crippen molar-refractivity contribution in [2.45, 2.75) is 13.1 Å². The molecule has 0 aliphatic rings. The monoisotopic (exact) mass is 555 g/mol. The molecule has 1 heterocycles. The lowest BCUT2D eigenvalue weighted by Crippen LogP contribution is -2.23.